The van der Waals surface area contributed by atoms with Gasteiger partial charge in [0.1, 0.15) is 16.4 Å². The molecule has 1 aliphatic heterocycles. The van der Waals surface area contributed by atoms with Gasteiger partial charge in [0.25, 0.3) is 0 Å². The smallest absolute Gasteiger partial charge is 0.433 e. The van der Waals surface area contributed by atoms with E-state index in [0.29, 0.717) is 18.3 Å². The summed E-state index contributed by atoms with van der Waals surface area (Å²) < 4.78 is 10.6. The fraction of sp³-hybridized carbons (Fsp3) is 0.412. The van der Waals surface area contributed by atoms with Crippen molar-refractivity contribution in [1.82, 2.24) is 4.90 Å². The van der Waals surface area contributed by atoms with Crippen molar-refractivity contribution in [1.29, 1.82) is 0 Å². The number of anilines is 1. The minimum atomic E-state index is -0.507. The van der Waals surface area contributed by atoms with Gasteiger partial charge in [-0.05, 0) is 31.0 Å². The van der Waals surface area contributed by atoms with Gasteiger partial charge in [0.15, 0.2) is 0 Å². The van der Waals surface area contributed by atoms with E-state index in [2.05, 4.69) is 10.2 Å². The molecule has 0 radical (unpaired) electrons. The Bertz CT molecular complexity index is 693. The summed E-state index contributed by atoms with van der Waals surface area (Å²) in [6, 6.07) is 11.4. The molecule has 0 spiro atoms. The number of furan rings is 1. The number of piperidine rings is 1. The molecule has 24 heavy (non-hydrogen) atoms. The molecule has 128 valence electrons. The van der Waals surface area contributed by atoms with E-state index in [1.165, 1.54) is 6.07 Å². The molecule has 3 rings (SSSR count). The van der Waals surface area contributed by atoms with E-state index in [1.54, 1.807) is 13.2 Å². The number of methoxy groups -OCH3 is 1. The number of hydrogen-bond acceptors (Lipinski definition) is 6. The third-order valence-electron chi connectivity index (χ3n) is 4.26. The summed E-state index contributed by atoms with van der Waals surface area (Å²) in [6.45, 7) is 2.44. The highest BCUT2D eigenvalue weighted by molar-refractivity contribution is 5.56. The largest absolute Gasteiger partial charge is 0.495 e. The number of rotatable bonds is 6. The van der Waals surface area contributed by atoms with E-state index in [4.69, 9.17) is 9.15 Å². The number of nitrogens with zero attached hydrogens (tertiary/aromatic N) is 2. The van der Waals surface area contributed by atoms with Crippen LogP contribution in [0, 0.1) is 10.1 Å². The molecular weight excluding hydrogens is 310 g/mol. The number of para-hydroxylation sites is 2. The summed E-state index contributed by atoms with van der Waals surface area (Å²) in [5.74, 6) is 1.29. The topological polar surface area (TPSA) is 80.8 Å². The standard InChI is InChI=1S/C17H21N3O4/c1-23-16-5-3-2-4-15(16)18-13-8-10-19(11-9-13)12-14-6-7-17(24-14)20(21)22/h2-7,13,18H,8-12H2,1H3. The van der Waals surface area contributed by atoms with Crippen molar-refractivity contribution in [2.24, 2.45) is 0 Å². The first kappa shape index (κ1) is 16.3. The Morgan fingerprint density at radius 1 is 1.29 bits per heavy atom. The van der Waals surface area contributed by atoms with Gasteiger partial charge < -0.3 is 14.5 Å². The first-order valence-corrected chi connectivity index (χ1v) is 8.00. The van der Waals surface area contributed by atoms with Crippen molar-refractivity contribution >= 4 is 11.6 Å². The van der Waals surface area contributed by atoms with Crippen molar-refractivity contribution in [3.8, 4) is 5.75 Å². The average Bonchev–Trinajstić information content (AvgIpc) is 3.06. The van der Waals surface area contributed by atoms with Crippen LogP contribution in [0.25, 0.3) is 0 Å². The number of ether oxygens (including phenoxy) is 1. The molecule has 0 bridgehead atoms. The van der Waals surface area contributed by atoms with Gasteiger partial charge in [-0.25, -0.2) is 0 Å². The summed E-state index contributed by atoms with van der Waals surface area (Å²) in [5.41, 5.74) is 1.01. The highest BCUT2D eigenvalue weighted by Gasteiger charge is 2.21. The fourth-order valence-corrected chi connectivity index (χ4v) is 2.99. The average molecular weight is 331 g/mol. The van der Waals surface area contributed by atoms with Crippen LogP contribution in [0.15, 0.2) is 40.8 Å². The molecule has 1 aromatic heterocycles. The van der Waals surface area contributed by atoms with E-state index in [1.807, 2.05) is 24.3 Å². The van der Waals surface area contributed by atoms with Crippen LogP contribution in [0.4, 0.5) is 11.6 Å². The fourth-order valence-electron chi connectivity index (χ4n) is 2.99. The molecule has 7 heteroatoms. The van der Waals surface area contributed by atoms with Crippen LogP contribution in [-0.2, 0) is 6.54 Å². The van der Waals surface area contributed by atoms with E-state index in [0.717, 1.165) is 37.4 Å². The molecule has 1 aliphatic rings. The van der Waals surface area contributed by atoms with Crippen LogP contribution in [0.2, 0.25) is 0 Å². The van der Waals surface area contributed by atoms with E-state index in [9.17, 15) is 10.1 Å². The molecule has 1 saturated heterocycles. The van der Waals surface area contributed by atoms with Crippen molar-refractivity contribution < 1.29 is 14.1 Å². The SMILES string of the molecule is COc1ccccc1NC1CCN(Cc2ccc([N+](=O)[O-])o2)CC1. The van der Waals surface area contributed by atoms with Crippen LogP contribution >= 0.6 is 0 Å². The quantitative estimate of drug-likeness (QED) is 0.646. The zero-order valence-electron chi connectivity index (χ0n) is 13.6. The molecule has 1 N–H and O–H groups in total. The monoisotopic (exact) mass is 331 g/mol. The highest BCUT2D eigenvalue weighted by Crippen LogP contribution is 2.26. The lowest BCUT2D eigenvalue weighted by molar-refractivity contribution is -0.402. The Hall–Kier alpha value is -2.54. The van der Waals surface area contributed by atoms with Crippen LogP contribution in [0.3, 0.4) is 0 Å². The summed E-state index contributed by atoms with van der Waals surface area (Å²) in [4.78, 5) is 12.4. The van der Waals surface area contributed by atoms with Gasteiger partial charge in [-0.15, -0.1) is 0 Å². The number of benzene rings is 1. The van der Waals surface area contributed by atoms with Gasteiger partial charge in [-0.1, -0.05) is 12.1 Å². The van der Waals surface area contributed by atoms with Crippen LogP contribution in [0.1, 0.15) is 18.6 Å². The second-order valence-electron chi connectivity index (χ2n) is 5.89. The van der Waals surface area contributed by atoms with Crippen molar-refractivity contribution in [2.75, 3.05) is 25.5 Å². The van der Waals surface area contributed by atoms with Crippen molar-refractivity contribution in [3.05, 3.63) is 52.3 Å². The normalized spacial score (nSPS) is 16.0. The van der Waals surface area contributed by atoms with E-state index >= 15 is 0 Å². The molecule has 2 aromatic rings. The van der Waals surface area contributed by atoms with E-state index < -0.39 is 4.92 Å². The van der Waals surface area contributed by atoms with Gasteiger partial charge in [-0.2, -0.15) is 0 Å². The summed E-state index contributed by atoms with van der Waals surface area (Å²) >= 11 is 0. The third-order valence-corrected chi connectivity index (χ3v) is 4.26. The predicted molar refractivity (Wildman–Crippen MR) is 90.3 cm³/mol. The molecule has 0 atom stereocenters. The molecule has 0 unspecified atom stereocenters. The van der Waals surface area contributed by atoms with Crippen molar-refractivity contribution in [2.45, 2.75) is 25.4 Å². The molecule has 0 saturated carbocycles. The maximum atomic E-state index is 10.7. The summed E-state index contributed by atoms with van der Waals surface area (Å²) in [7, 11) is 1.67. The first-order valence-electron chi connectivity index (χ1n) is 8.00. The Morgan fingerprint density at radius 2 is 2.04 bits per heavy atom. The first-order chi connectivity index (χ1) is 11.7. The number of hydrogen-bond donors (Lipinski definition) is 1. The molecule has 7 nitrogen and oxygen atoms in total. The molecule has 1 aromatic carbocycles. The lowest BCUT2D eigenvalue weighted by Crippen LogP contribution is -2.38. The summed E-state index contributed by atoms with van der Waals surface area (Å²) in [5, 5.41) is 14.2. The molecule has 1 fully saturated rings. The second-order valence-corrected chi connectivity index (χ2v) is 5.89. The van der Waals surface area contributed by atoms with Crippen LogP contribution in [0.5, 0.6) is 5.75 Å². The highest BCUT2D eigenvalue weighted by atomic mass is 16.6. The number of likely N-dealkylation sites (tertiary alicyclic amines) is 1. The number of nitrogens with one attached hydrogen (secondary N) is 1. The van der Waals surface area contributed by atoms with Gasteiger partial charge in [-0.3, -0.25) is 15.0 Å². The summed E-state index contributed by atoms with van der Waals surface area (Å²) in [6.07, 6.45) is 2.00. The van der Waals surface area contributed by atoms with Crippen molar-refractivity contribution in [3.63, 3.8) is 0 Å². The molecule has 2 heterocycles. The van der Waals surface area contributed by atoms with E-state index in [-0.39, 0.29) is 5.88 Å². The lowest BCUT2D eigenvalue weighted by Gasteiger charge is -2.32. The Morgan fingerprint density at radius 3 is 2.71 bits per heavy atom. The lowest BCUT2D eigenvalue weighted by atomic mass is 10.0. The predicted octanol–water partition coefficient (Wildman–Crippen LogP) is 3.27. The Labute approximate surface area is 140 Å². The maximum Gasteiger partial charge on any atom is 0.433 e. The zero-order chi connectivity index (χ0) is 16.9. The Balaban J connectivity index is 1.51. The maximum absolute atomic E-state index is 10.7. The van der Waals surface area contributed by atoms with Gasteiger partial charge in [0.05, 0.1) is 25.4 Å². The van der Waals surface area contributed by atoms with Crippen LogP contribution in [-0.4, -0.2) is 36.1 Å². The van der Waals surface area contributed by atoms with Gasteiger partial charge in [0, 0.05) is 19.1 Å². The van der Waals surface area contributed by atoms with Gasteiger partial charge >= 0.3 is 5.88 Å². The number of nitro groups is 1. The molecule has 0 amide bonds. The second kappa shape index (κ2) is 7.35. The third kappa shape index (κ3) is 3.86. The van der Waals surface area contributed by atoms with Gasteiger partial charge in [0.2, 0.25) is 0 Å². The Kier molecular flexibility index (Phi) is 5.00. The zero-order valence-corrected chi connectivity index (χ0v) is 13.6. The minimum Gasteiger partial charge on any atom is -0.495 e. The van der Waals surface area contributed by atoms with Crippen LogP contribution < -0.4 is 10.1 Å². The molecular formula is C17H21N3O4. The molecule has 0 aliphatic carbocycles. The minimum absolute atomic E-state index is 0.197.